The third-order valence-corrected chi connectivity index (χ3v) is 5.09. The van der Waals surface area contributed by atoms with Crippen molar-refractivity contribution < 1.29 is 27.1 Å². The van der Waals surface area contributed by atoms with Crippen LogP contribution in [-0.2, 0) is 0 Å². The number of aromatic nitrogens is 2. The van der Waals surface area contributed by atoms with Crippen LogP contribution >= 0.6 is 11.8 Å². The minimum Gasteiger partial charge on any atom is -0.470 e. The van der Waals surface area contributed by atoms with Crippen molar-refractivity contribution in [1.82, 2.24) is 9.97 Å². The van der Waals surface area contributed by atoms with Gasteiger partial charge in [-0.3, -0.25) is 10.2 Å². The molecule has 0 spiro atoms. The van der Waals surface area contributed by atoms with Crippen molar-refractivity contribution in [2.75, 3.05) is 11.9 Å². The lowest BCUT2D eigenvalue weighted by atomic mass is 9.93. The Bertz CT molecular complexity index is 917. The second-order valence-electron chi connectivity index (χ2n) is 6.55. The van der Waals surface area contributed by atoms with E-state index in [9.17, 15) is 22.4 Å². The van der Waals surface area contributed by atoms with E-state index in [0.717, 1.165) is 30.2 Å². The SMILES string of the molecule is C[C@@H](SC(=N)N)[C@H](F)[C@@H](C)c1cc(NC(=O)c2cnc(OCC(F)F)cn2)ccc1F. The normalized spacial score (nSPS) is 14.0. The van der Waals surface area contributed by atoms with Crippen molar-refractivity contribution in [2.24, 2.45) is 5.73 Å². The summed E-state index contributed by atoms with van der Waals surface area (Å²) in [5.41, 5.74) is 5.40. The molecule has 12 heteroatoms. The monoisotopic (exact) mass is 459 g/mol. The number of halogens is 4. The van der Waals surface area contributed by atoms with E-state index in [1.165, 1.54) is 19.1 Å². The summed E-state index contributed by atoms with van der Waals surface area (Å²) in [5.74, 6) is -2.37. The highest BCUT2D eigenvalue weighted by molar-refractivity contribution is 8.14. The number of alkyl halides is 3. The maximum Gasteiger partial charge on any atom is 0.275 e. The summed E-state index contributed by atoms with van der Waals surface area (Å²) < 4.78 is 58.0. The zero-order chi connectivity index (χ0) is 23.1. The van der Waals surface area contributed by atoms with Crippen LogP contribution in [0.1, 0.15) is 35.8 Å². The third kappa shape index (κ3) is 7.09. The Morgan fingerprint density at radius 1 is 1.26 bits per heavy atom. The molecular weight excluding hydrogens is 438 g/mol. The molecule has 0 aliphatic carbocycles. The first-order valence-electron chi connectivity index (χ1n) is 9.07. The molecule has 0 saturated heterocycles. The number of nitrogens with one attached hydrogen (secondary N) is 2. The van der Waals surface area contributed by atoms with Gasteiger partial charge in [-0.25, -0.2) is 27.5 Å². The lowest BCUT2D eigenvalue weighted by Crippen LogP contribution is -2.25. The first-order chi connectivity index (χ1) is 14.6. The first kappa shape index (κ1) is 24.4. The standard InChI is InChI=1S/C19H21F4N5O2S/c1-9(17(23)10(2)31-19(24)25)12-5-11(3-4-13(12)20)28-18(29)14-6-27-16(7-26-14)30-8-15(21)22/h3-7,9-10,15,17H,8H2,1-2H3,(H3,24,25)(H,28,29)/t9-,10+,17+/m0/s1. The number of amidine groups is 1. The summed E-state index contributed by atoms with van der Waals surface area (Å²) in [6, 6.07) is 3.71. The topological polar surface area (TPSA) is 114 Å². The van der Waals surface area contributed by atoms with Crippen LogP contribution in [0.5, 0.6) is 5.88 Å². The maximum atomic E-state index is 14.7. The van der Waals surface area contributed by atoms with Gasteiger partial charge in [0.15, 0.2) is 11.8 Å². The largest absolute Gasteiger partial charge is 0.470 e. The van der Waals surface area contributed by atoms with Crippen LogP contribution in [0.2, 0.25) is 0 Å². The molecule has 0 aliphatic heterocycles. The number of thioether (sulfide) groups is 1. The van der Waals surface area contributed by atoms with E-state index in [0.29, 0.717) is 0 Å². The smallest absolute Gasteiger partial charge is 0.275 e. The minimum atomic E-state index is -2.67. The van der Waals surface area contributed by atoms with E-state index in [2.05, 4.69) is 20.0 Å². The molecule has 1 aromatic carbocycles. The number of rotatable bonds is 9. The molecular formula is C19H21F4N5O2S. The summed E-state index contributed by atoms with van der Waals surface area (Å²) in [7, 11) is 0. The van der Waals surface area contributed by atoms with Crippen LogP contribution in [0.4, 0.5) is 23.2 Å². The summed E-state index contributed by atoms with van der Waals surface area (Å²) in [4.78, 5) is 19.9. The molecule has 2 aromatic rings. The zero-order valence-corrected chi connectivity index (χ0v) is 17.4. The van der Waals surface area contributed by atoms with Gasteiger partial charge in [-0.1, -0.05) is 18.7 Å². The fourth-order valence-corrected chi connectivity index (χ4v) is 3.43. The number of nitrogens with zero attached hydrogens (tertiary/aromatic N) is 2. The van der Waals surface area contributed by atoms with E-state index < -0.39 is 42.1 Å². The average molecular weight is 459 g/mol. The van der Waals surface area contributed by atoms with Crippen molar-refractivity contribution in [1.29, 1.82) is 5.41 Å². The minimum absolute atomic E-state index is 0.0446. The Labute approximate surface area is 180 Å². The lowest BCUT2D eigenvalue weighted by molar-refractivity contribution is 0.0792. The molecule has 168 valence electrons. The second-order valence-corrected chi connectivity index (χ2v) is 7.97. The highest BCUT2D eigenvalue weighted by Gasteiger charge is 2.28. The zero-order valence-electron chi connectivity index (χ0n) is 16.6. The number of nitrogens with two attached hydrogens (primary N) is 1. The first-order valence-corrected chi connectivity index (χ1v) is 9.95. The molecule has 0 unspecified atom stereocenters. The number of hydrogen-bond donors (Lipinski definition) is 3. The van der Waals surface area contributed by atoms with E-state index >= 15 is 0 Å². The Balaban J connectivity index is 2.10. The number of amides is 1. The van der Waals surface area contributed by atoms with E-state index in [1.807, 2.05) is 0 Å². The highest BCUT2D eigenvalue weighted by atomic mass is 32.2. The van der Waals surface area contributed by atoms with Gasteiger partial charge in [0.1, 0.15) is 17.7 Å². The summed E-state index contributed by atoms with van der Waals surface area (Å²) in [5, 5.41) is 8.84. The van der Waals surface area contributed by atoms with Gasteiger partial charge in [0.2, 0.25) is 5.88 Å². The Morgan fingerprint density at radius 3 is 2.55 bits per heavy atom. The number of anilines is 1. The molecule has 0 saturated carbocycles. The summed E-state index contributed by atoms with van der Waals surface area (Å²) in [6.45, 7) is 2.19. The van der Waals surface area contributed by atoms with Gasteiger partial charge >= 0.3 is 0 Å². The predicted octanol–water partition coefficient (Wildman–Crippen LogP) is 3.97. The van der Waals surface area contributed by atoms with Crippen LogP contribution in [-0.4, -0.2) is 45.5 Å². The van der Waals surface area contributed by atoms with Gasteiger partial charge in [0, 0.05) is 16.9 Å². The number of benzene rings is 1. The van der Waals surface area contributed by atoms with Crippen molar-refractivity contribution in [2.45, 2.75) is 37.6 Å². The summed E-state index contributed by atoms with van der Waals surface area (Å²) in [6.07, 6.45) is -2.10. The van der Waals surface area contributed by atoms with E-state index in [1.54, 1.807) is 6.92 Å². The van der Waals surface area contributed by atoms with Gasteiger partial charge in [-0.05, 0) is 30.7 Å². The quantitative estimate of drug-likeness (QED) is 0.297. The molecule has 1 heterocycles. The molecule has 0 fully saturated rings. The predicted molar refractivity (Wildman–Crippen MR) is 110 cm³/mol. The van der Waals surface area contributed by atoms with Crippen molar-refractivity contribution in [3.63, 3.8) is 0 Å². The lowest BCUT2D eigenvalue weighted by Gasteiger charge is -2.23. The van der Waals surface area contributed by atoms with Crippen molar-refractivity contribution in [3.8, 4) is 5.88 Å². The molecule has 0 radical (unpaired) electrons. The fraction of sp³-hybridized carbons (Fsp3) is 0.368. The van der Waals surface area contributed by atoms with Crippen LogP contribution < -0.4 is 15.8 Å². The van der Waals surface area contributed by atoms with Gasteiger partial charge in [0.25, 0.3) is 12.3 Å². The number of ether oxygens (including phenoxy) is 1. The number of hydrogen-bond acceptors (Lipinski definition) is 6. The number of carbonyl (C=O) groups is 1. The van der Waals surface area contributed by atoms with Crippen LogP contribution in [0.25, 0.3) is 0 Å². The maximum absolute atomic E-state index is 14.7. The molecule has 2 rings (SSSR count). The van der Waals surface area contributed by atoms with E-state index in [-0.39, 0.29) is 28.0 Å². The molecule has 4 N–H and O–H groups in total. The van der Waals surface area contributed by atoms with Gasteiger partial charge in [-0.15, -0.1) is 0 Å². The van der Waals surface area contributed by atoms with Gasteiger partial charge in [0.05, 0.1) is 12.4 Å². The molecule has 1 amide bonds. The molecule has 0 aliphatic rings. The van der Waals surface area contributed by atoms with Gasteiger partial charge in [-0.2, -0.15) is 0 Å². The van der Waals surface area contributed by atoms with Crippen LogP contribution in [0.3, 0.4) is 0 Å². The van der Waals surface area contributed by atoms with Crippen molar-refractivity contribution >= 4 is 28.5 Å². The highest BCUT2D eigenvalue weighted by Crippen LogP contribution is 2.32. The Hall–Kier alpha value is -2.89. The number of carbonyl (C=O) groups excluding carboxylic acids is 1. The summed E-state index contributed by atoms with van der Waals surface area (Å²) >= 11 is 0.836. The fourth-order valence-electron chi connectivity index (χ4n) is 2.67. The van der Waals surface area contributed by atoms with Crippen LogP contribution in [0.15, 0.2) is 30.6 Å². The molecule has 0 bridgehead atoms. The van der Waals surface area contributed by atoms with Gasteiger partial charge < -0.3 is 15.8 Å². The average Bonchev–Trinajstić information content (AvgIpc) is 2.72. The Kier molecular flexibility index (Phi) is 8.60. The molecule has 7 nitrogen and oxygen atoms in total. The molecule has 1 aromatic heterocycles. The molecule has 3 atom stereocenters. The van der Waals surface area contributed by atoms with Crippen molar-refractivity contribution in [3.05, 3.63) is 47.7 Å². The Morgan fingerprint density at radius 2 is 1.97 bits per heavy atom. The van der Waals surface area contributed by atoms with Crippen LogP contribution in [0, 0.1) is 11.2 Å². The second kappa shape index (κ2) is 10.9. The molecule has 31 heavy (non-hydrogen) atoms. The van der Waals surface area contributed by atoms with E-state index in [4.69, 9.17) is 11.1 Å². The third-order valence-electron chi connectivity index (χ3n) is 4.20.